The molecule has 24 heavy (non-hydrogen) atoms. The lowest BCUT2D eigenvalue weighted by Crippen LogP contribution is -2.47. The molecular formula is C17H19N5O2. The van der Waals surface area contributed by atoms with Crippen molar-refractivity contribution in [2.75, 3.05) is 31.1 Å². The van der Waals surface area contributed by atoms with Gasteiger partial charge in [-0.15, -0.1) is 0 Å². The average molecular weight is 325 g/mol. The van der Waals surface area contributed by atoms with Crippen LogP contribution >= 0.6 is 0 Å². The van der Waals surface area contributed by atoms with E-state index in [2.05, 4.69) is 24.9 Å². The lowest BCUT2D eigenvalue weighted by atomic mass is 10.2. The topological polar surface area (TPSA) is 78.3 Å². The van der Waals surface area contributed by atoms with Crippen LogP contribution in [0, 0.1) is 6.92 Å². The summed E-state index contributed by atoms with van der Waals surface area (Å²) in [6.07, 6.45) is 0. The summed E-state index contributed by atoms with van der Waals surface area (Å²) in [6, 6.07) is 9.38. The van der Waals surface area contributed by atoms with Gasteiger partial charge >= 0.3 is 0 Å². The highest BCUT2D eigenvalue weighted by molar-refractivity contribution is 5.78. The molecule has 0 aliphatic carbocycles. The van der Waals surface area contributed by atoms with E-state index in [0.29, 0.717) is 11.3 Å². The fourth-order valence-electron chi connectivity index (χ4n) is 3.06. The van der Waals surface area contributed by atoms with Gasteiger partial charge in [0, 0.05) is 38.8 Å². The Morgan fingerprint density at radius 1 is 1.21 bits per heavy atom. The minimum Gasteiger partial charge on any atom is -0.361 e. The van der Waals surface area contributed by atoms with Crippen LogP contribution < -0.4 is 10.5 Å². The number of hydrogen-bond acceptors (Lipinski definition) is 6. The van der Waals surface area contributed by atoms with Gasteiger partial charge in [0.1, 0.15) is 5.76 Å². The van der Waals surface area contributed by atoms with Crippen molar-refractivity contribution >= 4 is 16.9 Å². The zero-order chi connectivity index (χ0) is 16.5. The van der Waals surface area contributed by atoms with Gasteiger partial charge in [0.05, 0.1) is 16.6 Å². The van der Waals surface area contributed by atoms with Crippen LogP contribution in [-0.4, -0.2) is 46.2 Å². The van der Waals surface area contributed by atoms with Crippen LogP contribution in [0.5, 0.6) is 0 Å². The van der Waals surface area contributed by atoms with Crippen molar-refractivity contribution in [2.45, 2.75) is 13.5 Å². The van der Waals surface area contributed by atoms with Crippen molar-refractivity contribution in [1.29, 1.82) is 0 Å². The number of nitrogens with one attached hydrogen (secondary N) is 1. The van der Waals surface area contributed by atoms with Crippen molar-refractivity contribution < 1.29 is 4.52 Å². The molecule has 0 unspecified atom stereocenters. The molecule has 1 saturated heterocycles. The van der Waals surface area contributed by atoms with E-state index in [1.54, 1.807) is 6.07 Å². The molecule has 0 amide bonds. The fraction of sp³-hybridized carbons (Fsp3) is 0.353. The maximum absolute atomic E-state index is 12.2. The molecule has 0 bridgehead atoms. The van der Waals surface area contributed by atoms with E-state index < -0.39 is 0 Å². The third-order valence-corrected chi connectivity index (χ3v) is 4.33. The Bertz CT molecular complexity index is 908. The zero-order valence-electron chi connectivity index (χ0n) is 13.5. The normalized spacial score (nSPS) is 16.0. The predicted molar refractivity (Wildman–Crippen MR) is 91.1 cm³/mol. The predicted octanol–water partition coefficient (Wildman–Crippen LogP) is 1.54. The summed E-state index contributed by atoms with van der Waals surface area (Å²) in [5.41, 5.74) is 1.60. The number of aryl methyl sites for hydroxylation is 1. The largest absolute Gasteiger partial charge is 0.361 e. The Kier molecular flexibility index (Phi) is 3.78. The summed E-state index contributed by atoms with van der Waals surface area (Å²) in [6.45, 7) is 6.10. The van der Waals surface area contributed by atoms with Gasteiger partial charge in [0.2, 0.25) is 5.95 Å². The molecule has 0 saturated carbocycles. The van der Waals surface area contributed by atoms with E-state index in [-0.39, 0.29) is 5.56 Å². The van der Waals surface area contributed by atoms with Gasteiger partial charge in [-0.25, -0.2) is 4.98 Å². The second-order valence-electron chi connectivity index (χ2n) is 6.10. The van der Waals surface area contributed by atoms with Crippen LogP contribution in [0.4, 0.5) is 5.95 Å². The Morgan fingerprint density at radius 2 is 2.00 bits per heavy atom. The maximum Gasteiger partial charge on any atom is 0.260 e. The van der Waals surface area contributed by atoms with Crippen LogP contribution in [0.2, 0.25) is 0 Å². The maximum atomic E-state index is 12.2. The summed E-state index contributed by atoms with van der Waals surface area (Å²) in [5, 5.41) is 4.67. The van der Waals surface area contributed by atoms with Crippen molar-refractivity contribution in [3.8, 4) is 0 Å². The van der Waals surface area contributed by atoms with E-state index in [1.807, 2.05) is 31.2 Å². The Morgan fingerprint density at radius 3 is 2.75 bits per heavy atom. The first-order valence-electron chi connectivity index (χ1n) is 8.07. The first-order chi connectivity index (χ1) is 11.7. The molecule has 1 N–H and O–H groups in total. The van der Waals surface area contributed by atoms with Gasteiger partial charge in [-0.2, -0.15) is 0 Å². The monoisotopic (exact) mass is 325 g/mol. The molecule has 124 valence electrons. The molecule has 1 aliphatic rings. The van der Waals surface area contributed by atoms with Crippen LogP contribution in [0.3, 0.4) is 0 Å². The highest BCUT2D eigenvalue weighted by Crippen LogP contribution is 2.15. The molecule has 7 nitrogen and oxygen atoms in total. The van der Waals surface area contributed by atoms with E-state index in [9.17, 15) is 4.79 Å². The molecular weight excluding hydrogens is 306 g/mol. The number of hydrogen-bond donors (Lipinski definition) is 1. The third kappa shape index (κ3) is 2.90. The van der Waals surface area contributed by atoms with Crippen LogP contribution in [0.1, 0.15) is 11.5 Å². The quantitative estimate of drug-likeness (QED) is 0.787. The minimum atomic E-state index is -0.0869. The Labute approximate surface area is 138 Å². The first kappa shape index (κ1) is 14.9. The van der Waals surface area contributed by atoms with Gasteiger partial charge in [-0.1, -0.05) is 17.3 Å². The summed E-state index contributed by atoms with van der Waals surface area (Å²) in [7, 11) is 0. The number of anilines is 1. The summed E-state index contributed by atoms with van der Waals surface area (Å²) >= 11 is 0. The number of H-pyrrole nitrogens is 1. The molecule has 7 heteroatoms. The number of para-hydroxylation sites is 1. The number of nitrogens with zero attached hydrogens (tertiary/aromatic N) is 4. The summed E-state index contributed by atoms with van der Waals surface area (Å²) < 4.78 is 5.11. The molecule has 1 fully saturated rings. The van der Waals surface area contributed by atoms with Gasteiger partial charge in [0.25, 0.3) is 5.56 Å². The first-order valence-corrected chi connectivity index (χ1v) is 8.07. The Hall–Kier alpha value is -2.67. The van der Waals surface area contributed by atoms with E-state index in [4.69, 9.17) is 4.52 Å². The van der Waals surface area contributed by atoms with Crippen LogP contribution in [0.15, 0.2) is 39.6 Å². The smallest absolute Gasteiger partial charge is 0.260 e. The fourth-order valence-corrected chi connectivity index (χ4v) is 3.06. The highest BCUT2D eigenvalue weighted by Gasteiger charge is 2.20. The van der Waals surface area contributed by atoms with Crippen molar-refractivity contribution in [3.63, 3.8) is 0 Å². The number of fused-ring (bicyclic) bond motifs is 1. The molecule has 0 spiro atoms. The van der Waals surface area contributed by atoms with Crippen LogP contribution in [-0.2, 0) is 6.54 Å². The Balaban J connectivity index is 1.46. The molecule has 3 heterocycles. The van der Waals surface area contributed by atoms with Crippen molar-refractivity contribution in [2.24, 2.45) is 0 Å². The highest BCUT2D eigenvalue weighted by atomic mass is 16.5. The zero-order valence-corrected chi connectivity index (χ0v) is 13.5. The number of rotatable bonds is 3. The number of aromatic nitrogens is 3. The van der Waals surface area contributed by atoms with Crippen LogP contribution in [0.25, 0.3) is 10.9 Å². The standard InChI is InChI=1S/C17H19N5O2/c1-12-10-13(20-24-12)11-21-6-8-22(9-7-21)17-18-15-5-3-2-4-14(15)16(23)19-17/h2-5,10H,6-9,11H2,1H3,(H,18,19,23). The molecule has 4 rings (SSSR count). The van der Waals surface area contributed by atoms with Gasteiger partial charge in [-0.05, 0) is 19.1 Å². The van der Waals surface area contributed by atoms with Crippen molar-refractivity contribution in [1.82, 2.24) is 20.0 Å². The van der Waals surface area contributed by atoms with E-state index in [0.717, 1.165) is 49.7 Å². The molecule has 2 aromatic heterocycles. The molecule has 3 aromatic rings. The lowest BCUT2D eigenvalue weighted by molar-refractivity contribution is 0.240. The SMILES string of the molecule is Cc1cc(CN2CCN(c3nc4ccccc4c(=O)[nH]3)CC2)no1. The van der Waals surface area contributed by atoms with E-state index in [1.165, 1.54) is 0 Å². The summed E-state index contributed by atoms with van der Waals surface area (Å²) in [5.74, 6) is 1.48. The molecule has 1 aromatic carbocycles. The van der Waals surface area contributed by atoms with E-state index >= 15 is 0 Å². The average Bonchev–Trinajstić information content (AvgIpc) is 3.00. The number of piperazine rings is 1. The molecule has 1 aliphatic heterocycles. The third-order valence-electron chi connectivity index (χ3n) is 4.33. The molecule has 0 radical (unpaired) electrons. The summed E-state index contributed by atoms with van der Waals surface area (Å²) in [4.78, 5) is 24.1. The van der Waals surface area contributed by atoms with Gasteiger partial charge in [0.15, 0.2) is 0 Å². The molecule has 0 atom stereocenters. The van der Waals surface area contributed by atoms with Gasteiger partial charge in [-0.3, -0.25) is 14.7 Å². The minimum absolute atomic E-state index is 0.0869. The van der Waals surface area contributed by atoms with Crippen molar-refractivity contribution in [3.05, 3.63) is 52.1 Å². The van der Waals surface area contributed by atoms with Gasteiger partial charge < -0.3 is 9.42 Å². The number of benzene rings is 1. The lowest BCUT2D eigenvalue weighted by Gasteiger charge is -2.34. The second kappa shape index (κ2) is 6.09. The second-order valence-corrected chi connectivity index (χ2v) is 6.10. The number of aromatic amines is 1.